The second-order valence-corrected chi connectivity index (χ2v) is 3.71. The summed E-state index contributed by atoms with van der Waals surface area (Å²) >= 11 is 0. The van der Waals surface area contributed by atoms with Gasteiger partial charge in [0.1, 0.15) is 5.75 Å². The Hall–Kier alpha value is -1.32. The summed E-state index contributed by atoms with van der Waals surface area (Å²) in [7, 11) is 1.68. The van der Waals surface area contributed by atoms with Gasteiger partial charge < -0.3 is 15.8 Å². The van der Waals surface area contributed by atoms with E-state index in [4.69, 9.17) is 10.5 Å². The van der Waals surface area contributed by atoms with Crippen molar-refractivity contribution in [3.05, 3.63) is 42.0 Å². The summed E-state index contributed by atoms with van der Waals surface area (Å²) in [5.41, 5.74) is 8.05. The lowest BCUT2D eigenvalue weighted by molar-refractivity contribution is 0.411. The topological polar surface area (TPSA) is 47.3 Å². The van der Waals surface area contributed by atoms with Crippen molar-refractivity contribution in [3.63, 3.8) is 0 Å². The van der Waals surface area contributed by atoms with E-state index in [2.05, 4.69) is 18.0 Å². The van der Waals surface area contributed by atoms with Crippen molar-refractivity contribution in [3.8, 4) is 5.75 Å². The molecule has 0 aromatic heterocycles. The second kappa shape index (κ2) is 6.30. The highest BCUT2D eigenvalue weighted by Crippen LogP contribution is 2.22. The molecule has 0 aliphatic carbocycles. The Morgan fingerprint density at radius 2 is 2.31 bits per heavy atom. The van der Waals surface area contributed by atoms with E-state index in [1.54, 1.807) is 7.11 Å². The molecule has 0 spiro atoms. The molecular weight excluding hydrogens is 200 g/mol. The van der Waals surface area contributed by atoms with Crippen molar-refractivity contribution in [2.75, 3.05) is 20.2 Å². The first-order valence-electron chi connectivity index (χ1n) is 5.41. The number of aryl methyl sites for hydroxylation is 1. The van der Waals surface area contributed by atoms with Gasteiger partial charge in [0.25, 0.3) is 0 Å². The Balaban J connectivity index is 2.84. The summed E-state index contributed by atoms with van der Waals surface area (Å²) < 4.78 is 5.23. The number of hydrogen-bond acceptors (Lipinski definition) is 3. The normalized spacial score (nSPS) is 12.2. The Kier molecular flexibility index (Phi) is 5.02. The second-order valence-electron chi connectivity index (χ2n) is 3.71. The third-order valence-corrected chi connectivity index (χ3v) is 2.57. The van der Waals surface area contributed by atoms with Crippen LogP contribution in [0.4, 0.5) is 0 Å². The molecule has 1 aromatic rings. The van der Waals surface area contributed by atoms with Crippen LogP contribution in [0.5, 0.6) is 5.75 Å². The molecule has 0 fully saturated rings. The van der Waals surface area contributed by atoms with Crippen LogP contribution in [0, 0.1) is 6.92 Å². The molecule has 0 aliphatic heterocycles. The summed E-state index contributed by atoms with van der Waals surface area (Å²) in [6.07, 6.45) is 1.83. The van der Waals surface area contributed by atoms with Crippen LogP contribution >= 0.6 is 0 Å². The fourth-order valence-electron chi connectivity index (χ4n) is 1.68. The number of rotatable bonds is 6. The monoisotopic (exact) mass is 220 g/mol. The maximum atomic E-state index is 5.74. The van der Waals surface area contributed by atoms with Gasteiger partial charge in [0.05, 0.1) is 7.11 Å². The minimum Gasteiger partial charge on any atom is -0.496 e. The lowest BCUT2D eigenvalue weighted by Crippen LogP contribution is -2.28. The molecule has 0 bridgehead atoms. The molecular formula is C13H20N2O. The first-order valence-corrected chi connectivity index (χ1v) is 5.41. The molecule has 0 aliphatic rings. The average molecular weight is 220 g/mol. The number of ether oxygens (including phenoxy) is 1. The van der Waals surface area contributed by atoms with Crippen molar-refractivity contribution < 1.29 is 4.74 Å². The first kappa shape index (κ1) is 12.7. The molecule has 1 atom stereocenters. The lowest BCUT2D eigenvalue weighted by atomic mass is 10.0. The molecule has 0 heterocycles. The Morgan fingerprint density at radius 3 is 2.81 bits per heavy atom. The van der Waals surface area contributed by atoms with Gasteiger partial charge in [-0.2, -0.15) is 0 Å². The van der Waals surface area contributed by atoms with Gasteiger partial charge in [-0.3, -0.25) is 0 Å². The minimum absolute atomic E-state index is 0.169. The Bertz CT molecular complexity index is 350. The molecule has 1 rings (SSSR count). The average Bonchev–Trinajstić information content (AvgIpc) is 2.30. The summed E-state index contributed by atoms with van der Waals surface area (Å²) in [5, 5.41) is 3.32. The standard InChI is InChI=1S/C13H20N2O/c1-4-7-15-12(9-14)11-5-6-13(16-3)10(2)8-11/h4-6,8,12,15H,1,7,9,14H2,2-3H3. The molecule has 88 valence electrons. The van der Waals surface area contributed by atoms with E-state index >= 15 is 0 Å². The van der Waals surface area contributed by atoms with Gasteiger partial charge >= 0.3 is 0 Å². The van der Waals surface area contributed by atoms with Crippen molar-refractivity contribution in [2.24, 2.45) is 5.73 Å². The fourth-order valence-corrected chi connectivity index (χ4v) is 1.68. The summed E-state index contributed by atoms with van der Waals surface area (Å²) in [5.74, 6) is 0.906. The van der Waals surface area contributed by atoms with Gasteiger partial charge in [-0.1, -0.05) is 18.2 Å². The van der Waals surface area contributed by atoms with Crippen LogP contribution in [0.15, 0.2) is 30.9 Å². The summed E-state index contributed by atoms with van der Waals surface area (Å²) in [6, 6.07) is 6.29. The van der Waals surface area contributed by atoms with Gasteiger partial charge in [0.15, 0.2) is 0 Å². The zero-order valence-electron chi connectivity index (χ0n) is 9.99. The SMILES string of the molecule is C=CCNC(CN)c1ccc(OC)c(C)c1. The van der Waals surface area contributed by atoms with E-state index in [1.165, 1.54) is 5.56 Å². The van der Waals surface area contributed by atoms with Crippen LogP contribution in [0.25, 0.3) is 0 Å². The minimum atomic E-state index is 0.169. The molecule has 3 nitrogen and oxygen atoms in total. The van der Waals surface area contributed by atoms with Crippen LogP contribution < -0.4 is 15.8 Å². The zero-order chi connectivity index (χ0) is 12.0. The van der Waals surface area contributed by atoms with E-state index < -0.39 is 0 Å². The highest BCUT2D eigenvalue weighted by atomic mass is 16.5. The molecule has 1 aromatic carbocycles. The predicted molar refractivity (Wildman–Crippen MR) is 67.7 cm³/mol. The first-order chi connectivity index (χ1) is 7.72. The van der Waals surface area contributed by atoms with Crippen LogP contribution in [-0.2, 0) is 0 Å². The lowest BCUT2D eigenvalue weighted by Gasteiger charge is -2.17. The van der Waals surface area contributed by atoms with Crippen LogP contribution in [0.3, 0.4) is 0 Å². The number of methoxy groups -OCH3 is 1. The third kappa shape index (κ3) is 3.08. The van der Waals surface area contributed by atoms with Crippen LogP contribution in [-0.4, -0.2) is 20.2 Å². The number of nitrogens with two attached hydrogens (primary N) is 1. The third-order valence-electron chi connectivity index (χ3n) is 2.57. The van der Waals surface area contributed by atoms with Crippen LogP contribution in [0.2, 0.25) is 0 Å². The van der Waals surface area contributed by atoms with Gasteiger partial charge in [0.2, 0.25) is 0 Å². The largest absolute Gasteiger partial charge is 0.496 e. The van der Waals surface area contributed by atoms with Gasteiger partial charge in [0, 0.05) is 19.1 Å². The molecule has 0 amide bonds. The molecule has 0 radical (unpaired) electrons. The molecule has 16 heavy (non-hydrogen) atoms. The summed E-state index contributed by atoms with van der Waals surface area (Å²) in [4.78, 5) is 0. The molecule has 3 N–H and O–H groups in total. The van der Waals surface area contributed by atoms with E-state index in [0.717, 1.165) is 17.9 Å². The van der Waals surface area contributed by atoms with Crippen molar-refractivity contribution in [2.45, 2.75) is 13.0 Å². The fraction of sp³-hybridized carbons (Fsp3) is 0.385. The highest BCUT2D eigenvalue weighted by Gasteiger charge is 2.09. The van der Waals surface area contributed by atoms with E-state index in [-0.39, 0.29) is 6.04 Å². The quantitative estimate of drug-likeness (QED) is 0.718. The molecule has 1 unspecified atom stereocenters. The number of hydrogen-bond donors (Lipinski definition) is 2. The molecule has 0 saturated carbocycles. The molecule has 0 saturated heterocycles. The maximum Gasteiger partial charge on any atom is 0.121 e. The van der Waals surface area contributed by atoms with Crippen molar-refractivity contribution in [1.29, 1.82) is 0 Å². The highest BCUT2D eigenvalue weighted by molar-refractivity contribution is 5.37. The number of nitrogens with one attached hydrogen (secondary N) is 1. The van der Waals surface area contributed by atoms with Gasteiger partial charge in [-0.05, 0) is 24.1 Å². The van der Waals surface area contributed by atoms with E-state index in [1.807, 2.05) is 25.1 Å². The van der Waals surface area contributed by atoms with Gasteiger partial charge in [-0.15, -0.1) is 6.58 Å². The summed E-state index contributed by atoms with van der Waals surface area (Å²) in [6.45, 7) is 7.04. The van der Waals surface area contributed by atoms with Crippen molar-refractivity contribution >= 4 is 0 Å². The van der Waals surface area contributed by atoms with Gasteiger partial charge in [-0.25, -0.2) is 0 Å². The number of benzene rings is 1. The van der Waals surface area contributed by atoms with Crippen LogP contribution in [0.1, 0.15) is 17.2 Å². The Morgan fingerprint density at radius 1 is 1.56 bits per heavy atom. The Labute approximate surface area is 97.3 Å². The smallest absolute Gasteiger partial charge is 0.121 e. The zero-order valence-corrected chi connectivity index (χ0v) is 9.99. The maximum absolute atomic E-state index is 5.74. The van der Waals surface area contributed by atoms with E-state index in [0.29, 0.717) is 6.54 Å². The predicted octanol–water partition coefficient (Wildman–Crippen LogP) is 1.78. The molecule has 3 heteroatoms. The van der Waals surface area contributed by atoms with Crippen molar-refractivity contribution in [1.82, 2.24) is 5.32 Å². The van der Waals surface area contributed by atoms with E-state index in [9.17, 15) is 0 Å².